The summed E-state index contributed by atoms with van der Waals surface area (Å²) in [5, 5.41) is 2.65. The van der Waals surface area contributed by atoms with Gasteiger partial charge in [-0.3, -0.25) is 0 Å². The second kappa shape index (κ2) is 10.6. The van der Waals surface area contributed by atoms with E-state index in [0.29, 0.717) is 25.1 Å². The van der Waals surface area contributed by atoms with Gasteiger partial charge in [0, 0.05) is 18.5 Å². The van der Waals surface area contributed by atoms with Gasteiger partial charge in [0.1, 0.15) is 6.61 Å². The van der Waals surface area contributed by atoms with Crippen LogP contribution in [0, 0.1) is 11.8 Å². The van der Waals surface area contributed by atoms with Crippen molar-refractivity contribution in [1.29, 1.82) is 0 Å². The van der Waals surface area contributed by atoms with E-state index in [1.54, 1.807) is 25.1 Å². The van der Waals surface area contributed by atoms with Crippen LogP contribution in [0.2, 0.25) is 0 Å². The van der Waals surface area contributed by atoms with Crippen molar-refractivity contribution >= 4 is 12.1 Å². The Bertz CT molecular complexity index is 790. The van der Waals surface area contributed by atoms with Gasteiger partial charge < -0.3 is 14.8 Å². The van der Waals surface area contributed by atoms with E-state index in [1.807, 2.05) is 36.4 Å². The normalized spacial score (nSPS) is 9.58. The lowest BCUT2D eigenvalue weighted by molar-refractivity contribution is 0.0526. The van der Waals surface area contributed by atoms with E-state index >= 15 is 0 Å². The first-order valence-corrected chi connectivity index (χ1v) is 8.39. The van der Waals surface area contributed by atoms with E-state index < -0.39 is 6.09 Å². The smallest absolute Gasteiger partial charge is 0.407 e. The first-order chi connectivity index (χ1) is 12.7. The number of ether oxygens (including phenoxy) is 2. The van der Waals surface area contributed by atoms with Crippen molar-refractivity contribution in [3.05, 3.63) is 71.3 Å². The third-order valence-electron chi connectivity index (χ3n) is 3.34. The minimum Gasteiger partial charge on any atom is -0.462 e. The molecule has 0 saturated heterocycles. The first kappa shape index (κ1) is 19.1. The lowest BCUT2D eigenvalue weighted by Gasteiger charge is -2.05. The molecule has 2 aromatic carbocycles. The predicted molar refractivity (Wildman–Crippen MR) is 98.5 cm³/mol. The number of carbonyl (C=O) groups excluding carboxylic acids is 2. The Labute approximate surface area is 153 Å². The quantitative estimate of drug-likeness (QED) is 0.491. The molecule has 1 N–H and O–H groups in total. The van der Waals surface area contributed by atoms with Crippen LogP contribution >= 0.6 is 0 Å². The summed E-state index contributed by atoms with van der Waals surface area (Å²) in [7, 11) is 0. The monoisotopic (exact) mass is 351 g/mol. The summed E-state index contributed by atoms with van der Waals surface area (Å²) in [5.74, 6) is 5.56. The molecule has 2 aromatic rings. The van der Waals surface area contributed by atoms with Crippen LogP contribution in [0.4, 0.5) is 4.79 Å². The van der Waals surface area contributed by atoms with Crippen molar-refractivity contribution in [1.82, 2.24) is 5.32 Å². The molecule has 0 fully saturated rings. The number of hydrogen-bond donors (Lipinski definition) is 1. The highest BCUT2D eigenvalue weighted by atomic mass is 16.5. The van der Waals surface area contributed by atoms with Crippen LogP contribution in [0.5, 0.6) is 0 Å². The molecule has 0 atom stereocenters. The third kappa shape index (κ3) is 6.70. The maximum atomic E-state index is 11.7. The molecule has 0 heterocycles. The van der Waals surface area contributed by atoms with Crippen LogP contribution in [0.15, 0.2) is 54.6 Å². The Balaban J connectivity index is 1.72. The second-order valence-corrected chi connectivity index (χ2v) is 5.34. The van der Waals surface area contributed by atoms with Crippen molar-refractivity contribution in [2.75, 3.05) is 13.2 Å². The average Bonchev–Trinajstić information content (AvgIpc) is 2.67. The van der Waals surface area contributed by atoms with E-state index in [1.165, 1.54) is 0 Å². The number of alkyl carbamates (subject to hydrolysis) is 1. The maximum absolute atomic E-state index is 11.7. The Morgan fingerprint density at radius 2 is 1.85 bits per heavy atom. The summed E-state index contributed by atoms with van der Waals surface area (Å²) in [5.41, 5.74) is 2.13. The van der Waals surface area contributed by atoms with Gasteiger partial charge in [0.2, 0.25) is 0 Å². The molecule has 5 nitrogen and oxygen atoms in total. The van der Waals surface area contributed by atoms with E-state index in [2.05, 4.69) is 17.2 Å². The average molecular weight is 351 g/mol. The topological polar surface area (TPSA) is 64.6 Å². The molecule has 0 spiro atoms. The molecule has 134 valence electrons. The van der Waals surface area contributed by atoms with Gasteiger partial charge in [0.15, 0.2) is 0 Å². The molecule has 0 aliphatic carbocycles. The summed E-state index contributed by atoms with van der Waals surface area (Å²) in [6.45, 7) is 2.72. The zero-order valence-electron chi connectivity index (χ0n) is 14.7. The molecular formula is C21H21NO4. The number of amides is 1. The highest BCUT2D eigenvalue weighted by Crippen LogP contribution is 2.06. The largest absolute Gasteiger partial charge is 0.462 e. The number of rotatable bonds is 6. The Hall–Kier alpha value is -3.26. The van der Waals surface area contributed by atoms with Crippen molar-refractivity contribution in [2.24, 2.45) is 0 Å². The maximum Gasteiger partial charge on any atom is 0.407 e. The van der Waals surface area contributed by atoms with E-state index in [9.17, 15) is 9.59 Å². The highest BCUT2D eigenvalue weighted by molar-refractivity contribution is 5.89. The van der Waals surface area contributed by atoms with Crippen molar-refractivity contribution < 1.29 is 19.1 Å². The van der Waals surface area contributed by atoms with Gasteiger partial charge in [0.25, 0.3) is 0 Å². The Morgan fingerprint density at radius 3 is 2.62 bits per heavy atom. The van der Waals surface area contributed by atoms with Gasteiger partial charge in [-0.25, -0.2) is 9.59 Å². The van der Waals surface area contributed by atoms with Crippen LogP contribution in [0.3, 0.4) is 0 Å². The number of hydrogen-bond acceptors (Lipinski definition) is 4. The highest BCUT2D eigenvalue weighted by Gasteiger charge is 2.05. The fraction of sp³-hybridized carbons (Fsp3) is 0.238. The van der Waals surface area contributed by atoms with Gasteiger partial charge in [-0.2, -0.15) is 0 Å². The molecule has 0 saturated carbocycles. The molecule has 0 radical (unpaired) electrons. The van der Waals surface area contributed by atoms with Gasteiger partial charge in [-0.15, -0.1) is 0 Å². The number of esters is 1. The van der Waals surface area contributed by atoms with Crippen LogP contribution in [0.25, 0.3) is 0 Å². The zero-order chi connectivity index (χ0) is 18.6. The fourth-order valence-corrected chi connectivity index (χ4v) is 2.10. The summed E-state index contributed by atoms with van der Waals surface area (Å²) in [6.07, 6.45) is 0.00400. The Morgan fingerprint density at radius 1 is 1.04 bits per heavy atom. The summed E-state index contributed by atoms with van der Waals surface area (Å²) >= 11 is 0. The van der Waals surface area contributed by atoms with Gasteiger partial charge in [-0.1, -0.05) is 48.2 Å². The lowest BCUT2D eigenvalue weighted by Crippen LogP contribution is -2.24. The molecule has 0 aliphatic rings. The molecule has 0 aromatic heterocycles. The molecular weight excluding hydrogens is 330 g/mol. The van der Waals surface area contributed by atoms with Crippen molar-refractivity contribution in [3.63, 3.8) is 0 Å². The van der Waals surface area contributed by atoms with E-state index in [-0.39, 0.29) is 12.6 Å². The third-order valence-corrected chi connectivity index (χ3v) is 3.34. The van der Waals surface area contributed by atoms with Crippen LogP contribution in [-0.4, -0.2) is 25.2 Å². The molecule has 5 heteroatoms. The van der Waals surface area contributed by atoms with Crippen LogP contribution in [-0.2, 0) is 16.1 Å². The van der Waals surface area contributed by atoms with Crippen LogP contribution in [0.1, 0.15) is 34.8 Å². The lowest BCUT2D eigenvalue weighted by atomic mass is 10.1. The summed E-state index contributed by atoms with van der Waals surface area (Å²) < 4.78 is 10.1. The predicted octanol–water partition coefficient (Wildman–Crippen LogP) is 3.53. The molecule has 0 bridgehead atoms. The second-order valence-electron chi connectivity index (χ2n) is 5.34. The molecule has 2 rings (SSSR count). The van der Waals surface area contributed by atoms with Gasteiger partial charge >= 0.3 is 12.1 Å². The van der Waals surface area contributed by atoms with Gasteiger partial charge in [-0.05, 0) is 30.7 Å². The van der Waals surface area contributed by atoms with E-state index in [0.717, 1.165) is 11.1 Å². The van der Waals surface area contributed by atoms with Crippen LogP contribution < -0.4 is 5.32 Å². The standard InChI is InChI=1S/C21H21NO4/c1-2-25-20(23)19-13-8-12-17(15-19)9-6-7-14-22-21(24)26-16-18-10-4-3-5-11-18/h3-5,8,10-13,15H,2,7,14,16H2,1H3,(H,22,24). The van der Waals surface area contributed by atoms with E-state index in [4.69, 9.17) is 9.47 Å². The molecule has 0 unspecified atom stereocenters. The summed E-state index contributed by atoms with van der Waals surface area (Å²) in [6, 6.07) is 16.4. The number of carbonyl (C=O) groups is 2. The van der Waals surface area contributed by atoms with Crippen molar-refractivity contribution in [2.45, 2.75) is 20.0 Å². The number of benzene rings is 2. The Kier molecular flexibility index (Phi) is 7.75. The first-order valence-electron chi connectivity index (χ1n) is 8.39. The number of nitrogens with one attached hydrogen (secondary N) is 1. The molecule has 26 heavy (non-hydrogen) atoms. The van der Waals surface area contributed by atoms with Crippen molar-refractivity contribution in [3.8, 4) is 11.8 Å². The fourth-order valence-electron chi connectivity index (χ4n) is 2.10. The minimum absolute atomic E-state index is 0.235. The minimum atomic E-state index is -0.472. The van der Waals surface area contributed by atoms with Gasteiger partial charge in [0.05, 0.1) is 12.2 Å². The molecule has 1 amide bonds. The zero-order valence-corrected chi connectivity index (χ0v) is 14.7. The summed E-state index contributed by atoms with van der Waals surface area (Å²) in [4.78, 5) is 23.3. The SMILES string of the molecule is CCOC(=O)c1cccc(C#CCCNC(=O)OCc2ccccc2)c1. The molecule has 0 aliphatic heterocycles.